The average molecular weight is 257 g/mol. The number of rotatable bonds is 4. The molecule has 0 aliphatic rings. The van der Waals surface area contributed by atoms with E-state index >= 15 is 0 Å². The van der Waals surface area contributed by atoms with Crippen LogP contribution in [0.3, 0.4) is 0 Å². The summed E-state index contributed by atoms with van der Waals surface area (Å²) in [7, 11) is 0. The van der Waals surface area contributed by atoms with E-state index in [2.05, 4.69) is 31.2 Å². The highest BCUT2D eigenvalue weighted by molar-refractivity contribution is 5.29. The molecule has 100 valence electrons. The summed E-state index contributed by atoms with van der Waals surface area (Å²) < 4.78 is 13.5. The van der Waals surface area contributed by atoms with Crippen molar-refractivity contribution in [1.29, 1.82) is 0 Å². The fourth-order valence-corrected chi connectivity index (χ4v) is 2.12. The third kappa shape index (κ3) is 3.42. The highest BCUT2D eigenvalue weighted by atomic mass is 19.1. The highest BCUT2D eigenvalue weighted by Gasteiger charge is 2.09. The topological polar surface area (TPSA) is 26.0 Å². The fourth-order valence-electron chi connectivity index (χ4n) is 2.12. The Bertz CT molecular complexity index is 546. The zero-order valence-corrected chi connectivity index (χ0v) is 11.5. The maximum Gasteiger partial charge on any atom is 0.126 e. The molecule has 2 aromatic carbocycles. The zero-order valence-electron chi connectivity index (χ0n) is 11.5. The Morgan fingerprint density at radius 3 is 2.26 bits per heavy atom. The Hall–Kier alpha value is -1.67. The smallest absolute Gasteiger partial charge is 0.126 e. The molecule has 0 heterocycles. The van der Waals surface area contributed by atoms with Gasteiger partial charge in [-0.2, -0.15) is 0 Å². The summed E-state index contributed by atoms with van der Waals surface area (Å²) in [6.07, 6.45) is 1.77. The van der Waals surface area contributed by atoms with Crippen LogP contribution >= 0.6 is 0 Å². The molecule has 0 amide bonds. The molecular weight excluding hydrogens is 237 g/mol. The maximum atomic E-state index is 13.5. The van der Waals surface area contributed by atoms with Crippen LogP contribution in [0.15, 0.2) is 42.5 Å². The van der Waals surface area contributed by atoms with Gasteiger partial charge in [-0.3, -0.25) is 0 Å². The Morgan fingerprint density at radius 1 is 1.05 bits per heavy atom. The molecule has 1 unspecified atom stereocenters. The quantitative estimate of drug-likeness (QED) is 0.882. The van der Waals surface area contributed by atoms with Gasteiger partial charge in [0.05, 0.1) is 0 Å². The van der Waals surface area contributed by atoms with Crippen molar-refractivity contribution in [2.24, 2.45) is 5.73 Å². The van der Waals surface area contributed by atoms with E-state index in [1.807, 2.05) is 6.07 Å². The van der Waals surface area contributed by atoms with Gasteiger partial charge in [-0.1, -0.05) is 43.3 Å². The predicted molar refractivity (Wildman–Crippen MR) is 77.6 cm³/mol. The van der Waals surface area contributed by atoms with Gasteiger partial charge in [-0.15, -0.1) is 0 Å². The first kappa shape index (κ1) is 13.8. The molecule has 0 bridgehead atoms. The van der Waals surface area contributed by atoms with Gasteiger partial charge in [0.25, 0.3) is 0 Å². The SMILES string of the molecule is CCc1ccc(CC(N)c2ccc(C)c(F)c2)cc1. The summed E-state index contributed by atoms with van der Waals surface area (Å²) in [5.41, 5.74) is 10.2. The Morgan fingerprint density at radius 2 is 1.68 bits per heavy atom. The lowest BCUT2D eigenvalue weighted by atomic mass is 9.98. The molecule has 0 aliphatic heterocycles. The predicted octanol–water partition coefficient (Wildman–Crippen LogP) is 3.94. The molecule has 2 N–H and O–H groups in total. The van der Waals surface area contributed by atoms with Crippen LogP contribution in [0, 0.1) is 12.7 Å². The van der Waals surface area contributed by atoms with Crippen LogP contribution in [0.5, 0.6) is 0 Å². The van der Waals surface area contributed by atoms with E-state index in [0.29, 0.717) is 5.56 Å². The van der Waals surface area contributed by atoms with Gasteiger partial charge >= 0.3 is 0 Å². The summed E-state index contributed by atoms with van der Waals surface area (Å²) in [4.78, 5) is 0. The number of aryl methyl sites for hydroxylation is 2. The van der Waals surface area contributed by atoms with Crippen molar-refractivity contribution in [3.8, 4) is 0 Å². The molecule has 0 aliphatic carbocycles. The van der Waals surface area contributed by atoms with Crippen molar-refractivity contribution in [1.82, 2.24) is 0 Å². The lowest BCUT2D eigenvalue weighted by molar-refractivity contribution is 0.610. The second kappa shape index (κ2) is 5.98. The molecule has 0 fully saturated rings. The van der Waals surface area contributed by atoms with Gasteiger partial charge in [0.15, 0.2) is 0 Å². The van der Waals surface area contributed by atoms with Gasteiger partial charge in [-0.25, -0.2) is 4.39 Å². The molecule has 0 radical (unpaired) electrons. The largest absolute Gasteiger partial charge is 0.324 e. The standard InChI is InChI=1S/C17H20FN/c1-3-13-5-7-14(8-6-13)10-17(19)15-9-4-12(2)16(18)11-15/h4-9,11,17H,3,10,19H2,1-2H3. The maximum absolute atomic E-state index is 13.5. The van der Waals surface area contributed by atoms with Crippen LogP contribution in [0.25, 0.3) is 0 Å². The Kier molecular flexibility index (Phi) is 4.33. The summed E-state index contributed by atoms with van der Waals surface area (Å²) in [5.74, 6) is -0.186. The summed E-state index contributed by atoms with van der Waals surface area (Å²) in [6.45, 7) is 3.89. The molecule has 19 heavy (non-hydrogen) atoms. The van der Waals surface area contributed by atoms with Gasteiger partial charge in [0, 0.05) is 6.04 Å². The summed E-state index contributed by atoms with van der Waals surface area (Å²) >= 11 is 0. The van der Waals surface area contributed by atoms with Crippen molar-refractivity contribution in [2.75, 3.05) is 0 Å². The highest BCUT2D eigenvalue weighted by Crippen LogP contribution is 2.19. The third-order valence-electron chi connectivity index (χ3n) is 3.51. The van der Waals surface area contributed by atoms with E-state index in [9.17, 15) is 4.39 Å². The van der Waals surface area contributed by atoms with Crippen LogP contribution in [0.1, 0.15) is 35.2 Å². The normalized spacial score (nSPS) is 12.4. The van der Waals surface area contributed by atoms with Crippen LogP contribution in [0.2, 0.25) is 0 Å². The zero-order chi connectivity index (χ0) is 13.8. The number of benzene rings is 2. The van der Waals surface area contributed by atoms with Crippen LogP contribution in [-0.2, 0) is 12.8 Å². The van der Waals surface area contributed by atoms with Crippen molar-refractivity contribution >= 4 is 0 Å². The molecule has 0 saturated heterocycles. The fraction of sp³-hybridized carbons (Fsp3) is 0.294. The molecule has 0 spiro atoms. The summed E-state index contributed by atoms with van der Waals surface area (Å²) in [5, 5.41) is 0. The van der Waals surface area contributed by atoms with E-state index < -0.39 is 0 Å². The van der Waals surface area contributed by atoms with E-state index in [1.165, 1.54) is 11.1 Å². The molecule has 1 nitrogen and oxygen atoms in total. The Labute approximate surface area is 114 Å². The molecule has 0 aromatic heterocycles. The van der Waals surface area contributed by atoms with Crippen LogP contribution in [0.4, 0.5) is 4.39 Å². The van der Waals surface area contributed by atoms with Crippen LogP contribution in [-0.4, -0.2) is 0 Å². The van der Waals surface area contributed by atoms with E-state index in [1.54, 1.807) is 19.1 Å². The lowest BCUT2D eigenvalue weighted by Crippen LogP contribution is -2.13. The third-order valence-corrected chi connectivity index (χ3v) is 3.51. The van der Waals surface area contributed by atoms with Crippen LogP contribution < -0.4 is 5.73 Å². The molecule has 2 aromatic rings. The second-order valence-electron chi connectivity index (χ2n) is 4.99. The Balaban J connectivity index is 2.10. The number of hydrogen-bond acceptors (Lipinski definition) is 1. The molecule has 0 saturated carbocycles. The molecular formula is C17H20FN. The second-order valence-corrected chi connectivity index (χ2v) is 4.99. The molecule has 2 heteroatoms. The summed E-state index contributed by atoms with van der Waals surface area (Å²) in [6, 6.07) is 13.5. The van der Waals surface area contributed by atoms with Crippen molar-refractivity contribution < 1.29 is 4.39 Å². The van der Waals surface area contributed by atoms with Crippen molar-refractivity contribution in [2.45, 2.75) is 32.7 Å². The van der Waals surface area contributed by atoms with E-state index in [-0.39, 0.29) is 11.9 Å². The first-order chi connectivity index (χ1) is 9.10. The van der Waals surface area contributed by atoms with Gasteiger partial charge < -0.3 is 5.73 Å². The molecule has 1 atom stereocenters. The van der Waals surface area contributed by atoms with Crippen molar-refractivity contribution in [3.63, 3.8) is 0 Å². The van der Waals surface area contributed by atoms with Gasteiger partial charge in [-0.05, 0) is 48.1 Å². The average Bonchev–Trinajstić information content (AvgIpc) is 2.42. The van der Waals surface area contributed by atoms with Crippen molar-refractivity contribution in [3.05, 3.63) is 70.5 Å². The minimum Gasteiger partial charge on any atom is -0.324 e. The number of halogens is 1. The molecule has 2 rings (SSSR count). The first-order valence-electron chi connectivity index (χ1n) is 6.69. The minimum atomic E-state index is -0.186. The number of hydrogen-bond donors (Lipinski definition) is 1. The first-order valence-corrected chi connectivity index (χ1v) is 6.69. The van der Waals surface area contributed by atoms with E-state index in [4.69, 9.17) is 5.73 Å². The van der Waals surface area contributed by atoms with Gasteiger partial charge in [0.1, 0.15) is 5.82 Å². The number of nitrogens with two attached hydrogens (primary N) is 1. The lowest BCUT2D eigenvalue weighted by Gasteiger charge is -2.13. The monoisotopic (exact) mass is 257 g/mol. The van der Waals surface area contributed by atoms with Gasteiger partial charge in [0.2, 0.25) is 0 Å². The minimum absolute atomic E-state index is 0.164. The van der Waals surface area contributed by atoms with E-state index in [0.717, 1.165) is 18.4 Å².